The van der Waals surface area contributed by atoms with Crippen LogP contribution in [-0.4, -0.2) is 67.3 Å². The molecule has 8 heteroatoms. The van der Waals surface area contributed by atoms with Crippen molar-refractivity contribution in [2.24, 2.45) is 0 Å². The van der Waals surface area contributed by atoms with E-state index in [0.717, 1.165) is 0 Å². The molecule has 3 aliphatic heterocycles. The molecule has 1 saturated heterocycles. The molecule has 1 atom stereocenters. The highest BCUT2D eigenvalue weighted by atomic mass is 16.7. The molecule has 1 unspecified atom stereocenters. The van der Waals surface area contributed by atoms with Gasteiger partial charge in [-0.25, -0.2) is 0 Å². The molecule has 3 heterocycles. The lowest BCUT2D eigenvalue weighted by Gasteiger charge is -2.30. The number of rotatable bonds is 2. The summed E-state index contributed by atoms with van der Waals surface area (Å²) in [5.74, 6) is 2.28. The molecule has 2 aromatic rings. The number of fused-ring (bicyclic) bond motifs is 2. The molecule has 30 heavy (non-hydrogen) atoms. The summed E-state index contributed by atoms with van der Waals surface area (Å²) in [4.78, 5) is 29.5. The predicted octanol–water partition coefficient (Wildman–Crippen LogP) is 1.93. The zero-order valence-electron chi connectivity index (χ0n) is 16.4. The molecule has 8 nitrogen and oxygen atoms in total. The topological polar surface area (TPSA) is 77.5 Å². The lowest BCUT2D eigenvalue weighted by atomic mass is 10.1. The Hall–Kier alpha value is -3.42. The smallest absolute Gasteiger partial charge is 0.267 e. The molecule has 0 N–H and O–H groups in total. The molecule has 156 valence electrons. The Balaban J connectivity index is 1.22. The normalized spacial score (nSPS) is 19.9. The zero-order valence-corrected chi connectivity index (χ0v) is 16.4. The van der Waals surface area contributed by atoms with E-state index in [1.54, 1.807) is 34.1 Å². The van der Waals surface area contributed by atoms with E-state index >= 15 is 0 Å². The maximum atomic E-state index is 13.0. The minimum atomic E-state index is -0.670. The van der Waals surface area contributed by atoms with Gasteiger partial charge in [0, 0.05) is 31.7 Å². The molecule has 0 radical (unpaired) electrons. The monoisotopic (exact) mass is 410 g/mol. The van der Waals surface area contributed by atoms with Crippen LogP contribution in [0.2, 0.25) is 0 Å². The summed E-state index contributed by atoms with van der Waals surface area (Å²) in [6.45, 7) is 2.43. The molecule has 0 aliphatic carbocycles. The molecule has 5 rings (SSSR count). The number of para-hydroxylation sites is 2. The third-order valence-electron chi connectivity index (χ3n) is 5.50. The molecule has 2 aromatic carbocycles. The molecule has 2 amide bonds. The van der Waals surface area contributed by atoms with Crippen molar-refractivity contribution in [3.63, 3.8) is 0 Å². The number of ether oxygens (including phenoxy) is 4. The predicted molar refractivity (Wildman–Crippen MR) is 106 cm³/mol. The quantitative estimate of drug-likeness (QED) is 0.753. The molecule has 0 spiro atoms. The first-order valence-corrected chi connectivity index (χ1v) is 10.1. The second-order valence-corrected chi connectivity index (χ2v) is 7.40. The van der Waals surface area contributed by atoms with Gasteiger partial charge >= 0.3 is 0 Å². The summed E-state index contributed by atoms with van der Waals surface area (Å²) in [7, 11) is 0. The first-order valence-electron chi connectivity index (χ1n) is 10.1. The molecular weight excluding hydrogens is 388 g/mol. The molecular formula is C22H22N2O6. The van der Waals surface area contributed by atoms with Crippen LogP contribution in [0.15, 0.2) is 42.5 Å². The standard InChI is InChI=1S/C22H22N2O6/c25-21(15-6-7-17-19(12-15)29-14-28-17)23-8-3-9-24(11-10-23)22(26)20-13-27-16-4-1-2-5-18(16)30-20/h1-2,4-7,12,20H,3,8-11,13-14H2. The van der Waals surface area contributed by atoms with Crippen molar-refractivity contribution in [2.75, 3.05) is 39.6 Å². The van der Waals surface area contributed by atoms with Gasteiger partial charge in [0.1, 0.15) is 6.61 Å². The highest BCUT2D eigenvalue weighted by Crippen LogP contribution is 2.33. The number of carbonyl (C=O) groups excluding carboxylic acids is 2. The number of carbonyl (C=O) groups is 2. The van der Waals surface area contributed by atoms with E-state index in [9.17, 15) is 9.59 Å². The second-order valence-electron chi connectivity index (χ2n) is 7.40. The fraction of sp³-hybridized carbons (Fsp3) is 0.364. The first-order chi connectivity index (χ1) is 14.7. The average molecular weight is 410 g/mol. The van der Waals surface area contributed by atoms with Crippen LogP contribution in [0, 0.1) is 0 Å². The van der Waals surface area contributed by atoms with Gasteiger partial charge in [0.15, 0.2) is 23.0 Å². The van der Waals surface area contributed by atoms with Gasteiger partial charge in [0.25, 0.3) is 11.8 Å². The second kappa shape index (κ2) is 7.78. The Kier molecular flexibility index (Phi) is 4.82. The average Bonchev–Trinajstić information content (AvgIpc) is 3.12. The van der Waals surface area contributed by atoms with Gasteiger partial charge in [-0.2, -0.15) is 0 Å². The Morgan fingerprint density at radius 2 is 1.53 bits per heavy atom. The summed E-state index contributed by atoms with van der Waals surface area (Å²) < 4.78 is 22.2. The molecule has 0 bridgehead atoms. The van der Waals surface area contributed by atoms with Crippen molar-refractivity contribution in [1.29, 1.82) is 0 Å². The van der Waals surface area contributed by atoms with Gasteiger partial charge in [-0.1, -0.05) is 12.1 Å². The van der Waals surface area contributed by atoms with Crippen molar-refractivity contribution >= 4 is 11.8 Å². The minimum absolute atomic E-state index is 0.0752. The SMILES string of the molecule is O=C(c1ccc2c(c1)OCO2)N1CCCN(C(=O)C2COc3ccccc3O2)CC1. The number of benzene rings is 2. The Morgan fingerprint density at radius 1 is 0.800 bits per heavy atom. The van der Waals surface area contributed by atoms with E-state index in [1.807, 2.05) is 18.2 Å². The van der Waals surface area contributed by atoms with Crippen molar-refractivity contribution < 1.29 is 28.5 Å². The van der Waals surface area contributed by atoms with E-state index in [0.29, 0.717) is 61.2 Å². The fourth-order valence-corrected chi connectivity index (χ4v) is 3.90. The summed E-state index contributed by atoms with van der Waals surface area (Å²) in [5, 5.41) is 0. The van der Waals surface area contributed by atoms with Crippen LogP contribution in [0.5, 0.6) is 23.0 Å². The van der Waals surface area contributed by atoms with Crippen LogP contribution in [0.25, 0.3) is 0 Å². The zero-order chi connectivity index (χ0) is 20.5. The van der Waals surface area contributed by atoms with E-state index < -0.39 is 6.10 Å². The van der Waals surface area contributed by atoms with Crippen LogP contribution in [-0.2, 0) is 4.79 Å². The number of hydrogen-bond acceptors (Lipinski definition) is 6. The molecule has 1 fully saturated rings. The van der Waals surface area contributed by atoms with Gasteiger partial charge in [-0.15, -0.1) is 0 Å². The Morgan fingerprint density at radius 3 is 2.43 bits per heavy atom. The van der Waals surface area contributed by atoms with Crippen LogP contribution in [0.4, 0.5) is 0 Å². The van der Waals surface area contributed by atoms with Crippen LogP contribution < -0.4 is 18.9 Å². The maximum Gasteiger partial charge on any atom is 0.267 e. The number of nitrogens with zero attached hydrogens (tertiary/aromatic N) is 2. The number of hydrogen-bond donors (Lipinski definition) is 0. The van der Waals surface area contributed by atoms with Crippen LogP contribution >= 0.6 is 0 Å². The Bertz CT molecular complexity index is 978. The lowest BCUT2D eigenvalue weighted by Crippen LogP contribution is -2.47. The van der Waals surface area contributed by atoms with Gasteiger partial charge in [-0.05, 0) is 36.8 Å². The van der Waals surface area contributed by atoms with E-state index in [2.05, 4.69) is 0 Å². The van der Waals surface area contributed by atoms with Gasteiger partial charge in [0.2, 0.25) is 12.9 Å². The summed E-state index contributed by atoms with van der Waals surface area (Å²) in [5.41, 5.74) is 0.555. The highest BCUT2D eigenvalue weighted by molar-refractivity contribution is 5.95. The molecule has 0 aromatic heterocycles. The number of amides is 2. The minimum Gasteiger partial charge on any atom is -0.485 e. The van der Waals surface area contributed by atoms with Crippen molar-refractivity contribution in [1.82, 2.24) is 9.80 Å². The fourth-order valence-electron chi connectivity index (χ4n) is 3.90. The summed E-state index contributed by atoms with van der Waals surface area (Å²) >= 11 is 0. The van der Waals surface area contributed by atoms with Gasteiger partial charge in [-0.3, -0.25) is 9.59 Å². The summed E-state index contributed by atoms with van der Waals surface area (Å²) in [6.07, 6.45) is 0.0302. The third-order valence-corrected chi connectivity index (χ3v) is 5.50. The van der Waals surface area contributed by atoms with Crippen LogP contribution in [0.1, 0.15) is 16.8 Å². The van der Waals surface area contributed by atoms with Crippen molar-refractivity contribution in [3.8, 4) is 23.0 Å². The maximum absolute atomic E-state index is 13.0. The Labute approximate surface area is 173 Å². The highest BCUT2D eigenvalue weighted by Gasteiger charge is 2.32. The molecule has 0 saturated carbocycles. The van der Waals surface area contributed by atoms with E-state index in [1.165, 1.54) is 0 Å². The third kappa shape index (κ3) is 3.49. The van der Waals surface area contributed by atoms with Crippen LogP contribution in [0.3, 0.4) is 0 Å². The van der Waals surface area contributed by atoms with Crippen molar-refractivity contribution in [2.45, 2.75) is 12.5 Å². The van der Waals surface area contributed by atoms with Gasteiger partial charge < -0.3 is 28.7 Å². The largest absolute Gasteiger partial charge is 0.485 e. The summed E-state index contributed by atoms with van der Waals surface area (Å²) in [6, 6.07) is 12.5. The van der Waals surface area contributed by atoms with E-state index in [-0.39, 0.29) is 25.2 Å². The molecule has 3 aliphatic rings. The lowest BCUT2D eigenvalue weighted by molar-refractivity contribution is -0.141. The van der Waals surface area contributed by atoms with Crippen molar-refractivity contribution in [3.05, 3.63) is 48.0 Å². The van der Waals surface area contributed by atoms with Gasteiger partial charge in [0.05, 0.1) is 0 Å². The first kappa shape index (κ1) is 18.6. The van der Waals surface area contributed by atoms with E-state index in [4.69, 9.17) is 18.9 Å².